The second kappa shape index (κ2) is 8.84. The van der Waals surface area contributed by atoms with Crippen molar-refractivity contribution in [2.45, 2.75) is 6.92 Å². The maximum atomic E-state index is 4.65. The minimum Gasteiger partial charge on any atom is -0.275 e. The summed E-state index contributed by atoms with van der Waals surface area (Å²) in [6, 6.07) is 42.5. The number of fused-ring (bicyclic) bond motifs is 3. The third-order valence-corrected chi connectivity index (χ3v) is 8.27. The van der Waals surface area contributed by atoms with Crippen LogP contribution < -0.4 is 0 Å². The van der Waals surface area contributed by atoms with Crippen LogP contribution in [0.3, 0.4) is 0 Å². The molecule has 4 heteroatoms. The molecule has 0 N–H and O–H groups in total. The first-order valence-corrected chi connectivity index (χ1v) is 13.2. The van der Waals surface area contributed by atoms with Crippen LogP contribution in [0.25, 0.3) is 59.8 Å². The van der Waals surface area contributed by atoms with Gasteiger partial charge in [-0.15, -0.1) is 21.5 Å². The van der Waals surface area contributed by atoms with Crippen molar-refractivity contribution in [3.05, 3.63) is 127 Å². The standard InChI is InChI=1S/C33H23N3S/c1-22-10-8-16-28-29-17-9-15-27(31(29)37-30(22)28)23-18-20-25(21-19-23)33-35-34-32(24-11-4-2-5-12-24)36(33)26-13-6-3-7-14-26/h2-21H,1H3. The molecule has 0 unspecified atom stereocenters. The number of aromatic nitrogens is 3. The smallest absolute Gasteiger partial charge is 0.168 e. The van der Waals surface area contributed by atoms with E-state index in [1.54, 1.807) is 0 Å². The molecular weight excluding hydrogens is 470 g/mol. The largest absolute Gasteiger partial charge is 0.275 e. The van der Waals surface area contributed by atoms with Crippen LogP contribution in [0.2, 0.25) is 0 Å². The normalized spacial score (nSPS) is 11.4. The highest BCUT2D eigenvalue weighted by Crippen LogP contribution is 2.41. The fourth-order valence-electron chi connectivity index (χ4n) is 5.05. The zero-order valence-corrected chi connectivity index (χ0v) is 21.1. The number of benzene rings is 5. The Morgan fingerprint density at radius 3 is 1.78 bits per heavy atom. The minimum absolute atomic E-state index is 0.826. The monoisotopic (exact) mass is 493 g/mol. The highest BCUT2D eigenvalue weighted by Gasteiger charge is 2.17. The Morgan fingerprint density at radius 1 is 0.514 bits per heavy atom. The molecule has 0 aliphatic rings. The minimum atomic E-state index is 0.826. The summed E-state index contributed by atoms with van der Waals surface area (Å²) in [7, 11) is 0. The first kappa shape index (κ1) is 21.7. The van der Waals surface area contributed by atoms with Crippen molar-refractivity contribution in [1.82, 2.24) is 14.8 Å². The molecule has 176 valence electrons. The summed E-state index contributed by atoms with van der Waals surface area (Å²) < 4.78 is 4.84. The van der Waals surface area contributed by atoms with Crippen molar-refractivity contribution in [3.8, 4) is 39.6 Å². The van der Waals surface area contributed by atoms with Crippen molar-refractivity contribution < 1.29 is 0 Å². The molecule has 0 aliphatic heterocycles. The molecule has 7 rings (SSSR count). The van der Waals surface area contributed by atoms with Crippen molar-refractivity contribution >= 4 is 31.5 Å². The summed E-state index contributed by atoms with van der Waals surface area (Å²) in [6.45, 7) is 2.19. The Kier molecular flexibility index (Phi) is 5.19. The van der Waals surface area contributed by atoms with Crippen molar-refractivity contribution in [2.24, 2.45) is 0 Å². The summed E-state index contributed by atoms with van der Waals surface area (Å²) in [5.41, 5.74) is 6.90. The molecule has 0 bridgehead atoms. The van der Waals surface area contributed by atoms with Gasteiger partial charge in [-0.1, -0.05) is 109 Å². The van der Waals surface area contributed by atoms with E-state index in [0.29, 0.717) is 0 Å². The van der Waals surface area contributed by atoms with Gasteiger partial charge in [-0.3, -0.25) is 4.57 Å². The Bertz CT molecular complexity index is 1860. The molecule has 0 fully saturated rings. The van der Waals surface area contributed by atoms with Crippen LogP contribution in [-0.2, 0) is 0 Å². The Labute approximate surface area is 219 Å². The Balaban J connectivity index is 1.35. The van der Waals surface area contributed by atoms with Gasteiger partial charge in [0.05, 0.1) is 0 Å². The van der Waals surface area contributed by atoms with Gasteiger partial charge in [0.2, 0.25) is 0 Å². The lowest BCUT2D eigenvalue weighted by molar-refractivity contribution is 1.07. The third-order valence-electron chi connectivity index (χ3n) is 6.88. The molecule has 0 radical (unpaired) electrons. The molecule has 3 nitrogen and oxygen atoms in total. The zero-order chi connectivity index (χ0) is 24.8. The predicted octanol–water partition coefficient (Wildman–Crippen LogP) is 8.94. The topological polar surface area (TPSA) is 30.7 Å². The van der Waals surface area contributed by atoms with Crippen LogP contribution in [0.1, 0.15) is 5.56 Å². The average molecular weight is 494 g/mol. The van der Waals surface area contributed by atoms with E-state index in [1.807, 2.05) is 47.7 Å². The van der Waals surface area contributed by atoms with Gasteiger partial charge < -0.3 is 0 Å². The van der Waals surface area contributed by atoms with Gasteiger partial charge in [0.1, 0.15) is 0 Å². The maximum Gasteiger partial charge on any atom is 0.168 e. The molecule has 0 saturated carbocycles. The van der Waals surface area contributed by atoms with Crippen LogP contribution >= 0.6 is 11.3 Å². The molecule has 0 saturated heterocycles. The quantitative estimate of drug-likeness (QED) is 0.245. The van der Waals surface area contributed by atoms with E-state index in [4.69, 9.17) is 0 Å². The highest BCUT2D eigenvalue weighted by atomic mass is 32.1. The second-order valence-electron chi connectivity index (χ2n) is 9.20. The molecule has 0 spiro atoms. The van der Waals surface area contributed by atoms with Crippen LogP contribution in [0.15, 0.2) is 121 Å². The van der Waals surface area contributed by atoms with Crippen molar-refractivity contribution in [3.63, 3.8) is 0 Å². The number of para-hydroxylation sites is 1. The van der Waals surface area contributed by atoms with Gasteiger partial charge >= 0.3 is 0 Å². The first-order valence-electron chi connectivity index (χ1n) is 12.4. The van der Waals surface area contributed by atoms with E-state index in [1.165, 1.54) is 36.9 Å². The van der Waals surface area contributed by atoms with Gasteiger partial charge in [-0.25, -0.2) is 0 Å². The van der Waals surface area contributed by atoms with Gasteiger partial charge in [0, 0.05) is 37.0 Å². The van der Waals surface area contributed by atoms with Crippen LogP contribution in [-0.4, -0.2) is 14.8 Å². The molecule has 7 aromatic rings. The van der Waals surface area contributed by atoms with E-state index in [0.717, 1.165) is 28.5 Å². The zero-order valence-electron chi connectivity index (χ0n) is 20.3. The lowest BCUT2D eigenvalue weighted by Crippen LogP contribution is -2.00. The van der Waals surface area contributed by atoms with Crippen LogP contribution in [0.4, 0.5) is 0 Å². The number of hydrogen-bond donors (Lipinski definition) is 0. The highest BCUT2D eigenvalue weighted by molar-refractivity contribution is 7.26. The SMILES string of the molecule is Cc1cccc2c1sc1c(-c3ccc(-c4nnc(-c5ccccc5)n4-c4ccccc4)cc3)cccc12. The predicted molar refractivity (Wildman–Crippen MR) is 155 cm³/mol. The summed E-state index contributed by atoms with van der Waals surface area (Å²) >= 11 is 1.88. The molecule has 37 heavy (non-hydrogen) atoms. The van der Waals surface area contributed by atoms with Crippen LogP contribution in [0, 0.1) is 6.92 Å². The molecule has 0 aliphatic carbocycles. The lowest BCUT2D eigenvalue weighted by Gasteiger charge is -2.11. The number of nitrogens with zero attached hydrogens (tertiary/aromatic N) is 3. The second-order valence-corrected chi connectivity index (χ2v) is 10.2. The van der Waals surface area contributed by atoms with Gasteiger partial charge in [0.15, 0.2) is 11.6 Å². The van der Waals surface area contributed by atoms with Gasteiger partial charge in [-0.05, 0) is 35.7 Å². The number of thiophene rings is 1. The third kappa shape index (κ3) is 3.65. The van der Waals surface area contributed by atoms with Gasteiger partial charge in [-0.2, -0.15) is 0 Å². The summed E-state index contributed by atoms with van der Waals surface area (Å²) in [6.07, 6.45) is 0. The Hall–Kier alpha value is -4.54. The molecule has 0 atom stereocenters. The summed E-state index contributed by atoms with van der Waals surface area (Å²) in [5.74, 6) is 1.66. The average Bonchev–Trinajstić information content (AvgIpc) is 3.57. The molecular formula is C33H23N3S. The Morgan fingerprint density at radius 2 is 1.08 bits per heavy atom. The van der Waals surface area contributed by atoms with Crippen LogP contribution in [0.5, 0.6) is 0 Å². The van der Waals surface area contributed by atoms with Crippen molar-refractivity contribution in [1.29, 1.82) is 0 Å². The molecule has 5 aromatic carbocycles. The number of aryl methyl sites for hydroxylation is 1. The maximum absolute atomic E-state index is 4.65. The summed E-state index contributed by atoms with van der Waals surface area (Å²) in [4.78, 5) is 0. The lowest BCUT2D eigenvalue weighted by atomic mass is 10.0. The number of hydrogen-bond acceptors (Lipinski definition) is 3. The molecule has 2 heterocycles. The molecule has 0 amide bonds. The van der Waals surface area contributed by atoms with E-state index >= 15 is 0 Å². The van der Waals surface area contributed by atoms with E-state index in [-0.39, 0.29) is 0 Å². The van der Waals surface area contributed by atoms with Crippen molar-refractivity contribution in [2.75, 3.05) is 0 Å². The number of rotatable bonds is 4. The van der Waals surface area contributed by atoms with E-state index < -0.39 is 0 Å². The molecule has 2 aromatic heterocycles. The summed E-state index contributed by atoms with van der Waals surface area (Å²) in [5, 5.41) is 11.9. The van der Waals surface area contributed by atoms with Gasteiger partial charge in [0.25, 0.3) is 0 Å². The van der Waals surface area contributed by atoms with E-state index in [9.17, 15) is 0 Å². The van der Waals surface area contributed by atoms with E-state index in [2.05, 4.69) is 107 Å². The fraction of sp³-hybridized carbons (Fsp3) is 0.0303. The first-order chi connectivity index (χ1) is 18.3. The fourth-order valence-corrected chi connectivity index (χ4v) is 6.36.